The third-order valence-corrected chi connectivity index (χ3v) is 3.48. The van der Waals surface area contributed by atoms with Gasteiger partial charge in [0, 0.05) is 5.56 Å². The molecule has 0 atom stereocenters. The lowest BCUT2D eigenvalue weighted by Gasteiger charge is -2.06. The van der Waals surface area contributed by atoms with Gasteiger partial charge in [-0.2, -0.15) is 0 Å². The summed E-state index contributed by atoms with van der Waals surface area (Å²) in [5, 5.41) is 0. The maximum atomic E-state index is 5.75. The van der Waals surface area contributed by atoms with Gasteiger partial charge in [-0.1, -0.05) is 48.2 Å². The lowest BCUT2D eigenvalue weighted by Crippen LogP contribution is -1.94. The molecule has 0 aromatic heterocycles. The summed E-state index contributed by atoms with van der Waals surface area (Å²) >= 11 is 0. The van der Waals surface area contributed by atoms with Gasteiger partial charge in [0.1, 0.15) is 23.9 Å². The second-order valence-corrected chi connectivity index (χ2v) is 5.29. The minimum atomic E-state index is 0.354. The molecule has 118 valence electrons. The lowest BCUT2D eigenvalue weighted by molar-refractivity contribution is 0.369. The van der Waals surface area contributed by atoms with Crippen LogP contribution in [0.3, 0.4) is 0 Å². The van der Waals surface area contributed by atoms with Gasteiger partial charge in [-0.15, -0.1) is 0 Å². The maximum Gasteiger partial charge on any atom is 0.149 e. The second-order valence-electron chi connectivity index (χ2n) is 5.29. The summed E-state index contributed by atoms with van der Waals surface area (Å²) in [5.41, 5.74) is 2.21. The van der Waals surface area contributed by atoms with E-state index in [0.717, 1.165) is 22.8 Å². The summed E-state index contributed by atoms with van der Waals surface area (Å²) in [6.45, 7) is 2.41. The van der Waals surface area contributed by atoms with E-state index in [1.807, 2.05) is 72.8 Å². The highest BCUT2D eigenvalue weighted by atomic mass is 16.5. The van der Waals surface area contributed by atoms with Crippen LogP contribution in [0.25, 0.3) is 0 Å². The molecule has 0 amide bonds. The van der Waals surface area contributed by atoms with Crippen LogP contribution in [0.1, 0.15) is 11.1 Å². The molecule has 0 radical (unpaired) electrons. The predicted molar refractivity (Wildman–Crippen MR) is 96.5 cm³/mol. The Hall–Kier alpha value is -3.18. The Labute approximate surface area is 142 Å². The van der Waals surface area contributed by atoms with Crippen molar-refractivity contribution in [1.82, 2.24) is 0 Å². The van der Waals surface area contributed by atoms with E-state index < -0.39 is 0 Å². The molecule has 3 aromatic carbocycles. The van der Waals surface area contributed by atoms with Crippen LogP contribution >= 0.6 is 0 Å². The summed E-state index contributed by atoms with van der Waals surface area (Å²) in [7, 11) is 0. The fourth-order valence-electron chi connectivity index (χ4n) is 2.19. The molecule has 0 aliphatic carbocycles. The summed E-state index contributed by atoms with van der Waals surface area (Å²) in [5.74, 6) is 8.53. The monoisotopic (exact) mass is 314 g/mol. The quantitative estimate of drug-likeness (QED) is 0.615. The molecule has 0 aliphatic rings. The molecule has 0 saturated heterocycles. The van der Waals surface area contributed by atoms with Crippen molar-refractivity contribution in [2.24, 2.45) is 0 Å². The predicted octanol–water partition coefficient (Wildman–Crippen LogP) is 5.22. The van der Waals surface area contributed by atoms with Crippen molar-refractivity contribution in [2.45, 2.75) is 6.92 Å². The van der Waals surface area contributed by atoms with E-state index in [-0.39, 0.29) is 0 Å². The van der Waals surface area contributed by atoms with E-state index in [9.17, 15) is 0 Å². The molecule has 2 heteroatoms. The third kappa shape index (κ3) is 4.41. The van der Waals surface area contributed by atoms with Crippen LogP contribution in [0.4, 0.5) is 0 Å². The Kier molecular flexibility index (Phi) is 5.17. The molecule has 0 unspecified atom stereocenters. The SMILES string of the molecule is Cc1ccccc1C#CCOc1ccc(Oc2ccccc2)cc1. The lowest BCUT2D eigenvalue weighted by atomic mass is 10.1. The first-order valence-electron chi connectivity index (χ1n) is 7.81. The molecule has 0 aliphatic heterocycles. The number of aryl methyl sites for hydroxylation is 1. The first-order chi connectivity index (χ1) is 11.8. The largest absolute Gasteiger partial charge is 0.481 e. The molecule has 0 saturated carbocycles. The fourth-order valence-corrected chi connectivity index (χ4v) is 2.19. The molecule has 3 aromatic rings. The van der Waals surface area contributed by atoms with E-state index in [1.54, 1.807) is 0 Å². The zero-order valence-corrected chi connectivity index (χ0v) is 13.5. The van der Waals surface area contributed by atoms with Crippen LogP contribution in [0.15, 0.2) is 78.9 Å². The van der Waals surface area contributed by atoms with Gasteiger partial charge >= 0.3 is 0 Å². The highest BCUT2D eigenvalue weighted by Crippen LogP contribution is 2.23. The summed E-state index contributed by atoms with van der Waals surface area (Å²) < 4.78 is 11.4. The Morgan fingerprint density at radius 2 is 1.33 bits per heavy atom. The van der Waals surface area contributed by atoms with Gasteiger partial charge < -0.3 is 9.47 Å². The Morgan fingerprint density at radius 3 is 2.08 bits per heavy atom. The van der Waals surface area contributed by atoms with E-state index in [2.05, 4.69) is 24.8 Å². The first-order valence-corrected chi connectivity index (χ1v) is 7.81. The second kappa shape index (κ2) is 7.89. The Morgan fingerprint density at radius 1 is 0.708 bits per heavy atom. The number of benzene rings is 3. The molecule has 3 rings (SSSR count). The molecule has 0 fully saturated rings. The van der Waals surface area contributed by atoms with Gasteiger partial charge in [-0.05, 0) is 55.0 Å². The minimum Gasteiger partial charge on any atom is -0.481 e. The standard InChI is InChI=1S/C22H18O2/c1-18-8-5-6-9-19(18)10-7-17-23-20-13-15-22(16-14-20)24-21-11-3-2-4-12-21/h2-6,8-9,11-16H,17H2,1H3. The van der Waals surface area contributed by atoms with E-state index >= 15 is 0 Å². The van der Waals surface area contributed by atoms with Crippen molar-refractivity contribution in [2.75, 3.05) is 6.61 Å². The summed E-state index contributed by atoms with van der Waals surface area (Å²) in [6, 6.07) is 25.3. The molecule has 2 nitrogen and oxygen atoms in total. The zero-order chi connectivity index (χ0) is 16.6. The van der Waals surface area contributed by atoms with E-state index in [0.29, 0.717) is 6.61 Å². The van der Waals surface area contributed by atoms with Crippen molar-refractivity contribution in [3.63, 3.8) is 0 Å². The molecule has 0 bridgehead atoms. The van der Waals surface area contributed by atoms with Crippen LogP contribution in [0.2, 0.25) is 0 Å². The van der Waals surface area contributed by atoms with E-state index in [1.165, 1.54) is 5.56 Å². The fraction of sp³-hybridized carbons (Fsp3) is 0.0909. The number of rotatable bonds is 4. The van der Waals surface area contributed by atoms with Crippen LogP contribution in [-0.2, 0) is 0 Å². The number of hydrogen-bond acceptors (Lipinski definition) is 2. The van der Waals surface area contributed by atoms with Gasteiger partial charge in [0.25, 0.3) is 0 Å². The van der Waals surface area contributed by atoms with Crippen molar-refractivity contribution in [3.05, 3.63) is 90.0 Å². The normalized spacial score (nSPS) is 9.71. The Bertz CT molecular complexity index is 840. The van der Waals surface area contributed by atoms with Crippen molar-refractivity contribution in [3.8, 4) is 29.1 Å². The average Bonchev–Trinajstić information content (AvgIpc) is 2.62. The summed E-state index contributed by atoms with van der Waals surface area (Å²) in [6.07, 6.45) is 0. The van der Waals surface area contributed by atoms with Gasteiger partial charge in [0.15, 0.2) is 0 Å². The average molecular weight is 314 g/mol. The first kappa shape index (κ1) is 15.7. The molecular weight excluding hydrogens is 296 g/mol. The Balaban J connectivity index is 1.55. The topological polar surface area (TPSA) is 18.5 Å². The number of ether oxygens (including phenoxy) is 2. The number of para-hydroxylation sites is 1. The van der Waals surface area contributed by atoms with Crippen LogP contribution in [0, 0.1) is 18.8 Å². The van der Waals surface area contributed by atoms with Crippen LogP contribution in [-0.4, -0.2) is 6.61 Å². The minimum absolute atomic E-state index is 0.354. The van der Waals surface area contributed by atoms with Gasteiger partial charge in [0.2, 0.25) is 0 Å². The van der Waals surface area contributed by atoms with Crippen molar-refractivity contribution >= 4 is 0 Å². The van der Waals surface area contributed by atoms with Crippen LogP contribution in [0.5, 0.6) is 17.2 Å². The number of hydrogen-bond donors (Lipinski definition) is 0. The zero-order valence-electron chi connectivity index (χ0n) is 13.5. The molecule has 0 heterocycles. The van der Waals surface area contributed by atoms with Gasteiger partial charge in [-0.25, -0.2) is 0 Å². The molecular formula is C22H18O2. The third-order valence-electron chi connectivity index (χ3n) is 3.48. The smallest absolute Gasteiger partial charge is 0.149 e. The van der Waals surface area contributed by atoms with Gasteiger partial charge in [0.05, 0.1) is 0 Å². The summed E-state index contributed by atoms with van der Waals surface area (Å²) in [4.78, 5) is 0. The van der Waals surface area contributed by atoms with E-state index in [4.69, 9.17) is 9.47 Å². The highest BCUT2D eigenvalue weighted by Gasteiger charge is 1.97. The van der Waals surface area contributed by atoms with Crippen molar-refractivity contribution in [1.29, 1.82) is 0 Å². The molecule has 24 heavy (non-hydrogen) atoms. The van der Waals surface area contributed by atoms with Crippen molar-refractivity contribution < 1.29 is 9.47 Å². The molecule has 0 N–H and O–H groups in total. The van der Waals surface area contributed by atoms with Crippen LogP contribution < -0.4 is 9.47 Å². The highest BCUT2D eigenvalue weighted by molar-refractivity contribution is 5.40. The maximum absolute atomic E-state index is 5.75. The molecule has 0 spiro atoms. The van der Waals surface area contributed by atoms with Gasteiger partial charge in [-0.3, -0.25) is 0 Å².